The Morgan fingerprint density at radius 3 is 2.03 bits per heavy atom. The number of hydrogen-bond acceptors (Lipinski definition) is 4. The molecule has 148 valence electrons. The maximum atomic E-state index is 12.7. The van der Waals surface area contributed by atoms with Crippen LogP contribution in [0.2, 0.25) is 0 Å². The van der Waals surface area contributed by atoms with Crippen LogP contribution in [0.3, 0.4) is 0 Å². The van der Waals surface area contributed by atoms with E-state index in [2.05, 4.69) is 29.5 Å². The molecule has 0 saturated carbocycles. The molecule has 3 rings (SSSR count). The van der Waals surface area contributed by atoms with Gasteiger partial charge in [0, 0.05) is 18.1 Å². The Morgan fingerprint density at radius 1 is 0.862 bits per heavy atom. The maximum Gasteiger partial charge on any atom is 0.257 e. The number of methoxy groups -OCH3 is 1. The minimum atomic E-state index is -0.376. The monoisotopic (exact) mass is 389 g/mol. The Balaban J connectivity index is 1.79. The number of nitrogens with one attached hydrogen (secondary N) is 2. The Hall–Kier alpha value is -3.67. The number of rotatable bonds is 6. The van der Waals surface area contributed by atoms with Gasteiger partial charge in [0.25, 0.3) is 11.8 Å². The van der Waals surface area contributed by atoms with Crippen LogP contribution in [0.25, 0.3) is 0 Å². The summed E-state index contributed by atoms with van der Waals surface area (Å²) in [5, 5.41) is 5.69. The number of carbonyl (C=O) groups is 2. The van der Waals surface area contributed by atoms with Crippen molar-refractivity contribution in [1.29, 1.82) is 0 Å². The first-order valence-corrected chi connectivity index (χ1v) is 9.29. The third-order valence-electron chi connectivity index (χ3n) is 4.45. The minimum absolute atomic E-state index is 0.266. The molecule has 6 nitrogen and oxygen atoms in total. The summed E-state index contributed by atoms with van der Waals surface area (Å²) in [7, 11) is 1.53. The van der Waals surface area contributed by atoms with Crippen LogP contribution < -0.4 is 15.4 Å². The van der Waals surface area contributed by atoms with Crippen molar-refractivity contribution >= 4 is 23.2 Å². The lowest BCUT2D eigenvalue weighted by molar-refractivity contribution is 0.102. The molecule has 0 atom stereocenters. The van der Waals surface area contributed by atoms with E-state index >= 15 is 0 Å². The van der Waals surface area contributed by atoms with E-state index in [1.807, 2.05) is 30.3 Å². The summed E-state index contributed by atoms with van der Waals surface area (Å²) in [5.41, 5.74) is 2.91. The van der Waals surface area contributed by atoms with Crippen LogP contribution in [-0.2, 0) is 0 Å². The fourth-order valence-corrected chi connectivity index (χ4v) is 2.94. The van der Waals surface area contributed by atoms with Gasteiger partial charge < -0.3 is 15.4 Å². The molecule has 2 aromatic carbocycles. The van der Waals surface area contributed by atoms with Crippen molar-refractivity contribution in [2.24, 2.45) is 0 Å². The molecular formula is C23H23N3O3. The number of para-hydroxylation sites is 3. The molecule has 0 aliphatic heterocycles. The van der Waals surface area contributed by atoms with Gasteiger partial charge >= 0.3 is 0 Å². The molecule has 0 radical (unpaired) electrons. The summed E-state index contributed by atoms with van der Waals surface area (Å²) in [5.74, 6) is 0.118. The van der Waals surface area contributed by atoms with Crippen molar-refractivity contribution in [2.45, 2.75) is 19.8 Å². The molecule has 0 bridgehead atoms. The Morgan fingerprint density at radius 2 is 1.41 bits per heavy atom. The van der Waals surface area contributed by atoms with Crippen molar-refractivity contribution in [1.82, 2.24) is 4.98 Å². The summed E-state index contributed by atoms with van der Waals surface area (Å²) in [4.78, 5) is 29.4. The molecular weight excluding hydrogens is 366 g/mol. The fourth-order valence-electron chi connectivity index (χ4n) is 2.94. The quantitative estimate of drug-likeness (QED) is 0.639. The van der Waals surface area contributed by atoms with Gasteiger partial charge in [-0.1, -0.05) is 44.2 Å². The summed E-state index contributed by atoms with van der Waals surface area (Å²) in [6.45, 7) is 4.13. The highest BCUT2D eigenvalue weighted by molar-refractivity contribution is 6.08. The first-order valence-electron chi connectivity index (χ1n) is 9.29. The summed E-state index contributed by atoms with van der Waals surface area (Å²) in [6, 6.07) is 16.3. The van der Waals surface area contributed by atoms with E-state index in [0.29, 0.717) is 17.0 Å². The predicted octanol–water partition coefficient (Wildman–Crippen LogP) is 4.72. The van der Waals surface area contributed by atoms with Gasteiger partial charge in [-0.3, -0.25) is 14.6 Å². The van der Waals surface area contributed by atoms with Crippen molar-refractivity contribution in [3.8, 4) is 5.75 Å². The Kier molecular flexibility index (Phi) is 6.24. The molecule has 1 aromatic heterocycles. The molecule has 1 heterocycles. The topological polar surface area (TPSA) is 80.3 Å². The molecule has 0 saturated heterocycles. The lowest BCUT2D eigenvalue weighted by Crippen LogP contribution is -2.17. The molecule has 0 unspecified atom stereocenters. The van der Waals surface area contributed by atoms with Crippen LogP contribution in [0.1, 0.15) is 46.0 Å². The molecule has 0 aliphatic carbocycles. The van der Waals surface area contributed by atoms with Gasteiger partial charge in [-0.2, -0.15) is 0 Å². The highest BCUT2D eigenvalue weighted by atomic mass is 16.5. The minimum Gasteiger partial charge on any atom is -0.495 e. The number of hydrogen-bond donors (Lipinski definition) is 2. The third-order valence-corrected chi connectivity index (χ3v) is 4.45. The van der Waals surface area contributed by atoms with Crippen molar-refractivity contribution in [2.75, 3.05) is 17.7 Å². The number of benzene rings is 2. The second kappa shape index (κ2) is 9.01. The van der Waals surface area contributed by atoms with E-state index < -0.39 is 0 Å². The molecule has 2 amide bonds. The molecule has 3 aromatic rings. The summed E-state index contributed by atoms with van der Waals surface area (Å²) < 4.78 is 5.25. The lowest BCUT2D eigenvalue weighted by Gasteiger charge is -2.14. The zero-order chi connectivity index (χ0) is 20.8. The summed E-state index contributed by atoms with van der Waals surface area (Å²) >= 11 is 0. The number of carbonyl (C=O) groups excluding carboxylic acids is 2. The number of anilines is 2. The molecule has 0 fully saturated rings. The number of ether oxygens (including phenoxy) is 1. The largest absolute Gasteiger partial charge is 0.495 e. The number of aromatic nitrogens is 1. The molecule has 0 aliphatic rings. The normalized spacial score (nSPS) is 10.5. The van der Waals surface area contributed by atoms with E-state index in [1.54, 1.807) is 18.2 Å². The van der Waals surface area contributed by atoms with E-state index in [0.717, 1.165) is 11.3 Å². The van der Waals surface area contributed by atoms with Gasteiger partial charge in [-0.25, -0.2) is 0 Å². The van der Waals surface area contributed by atoms with Crippen LogP contribution in [-0.4, -0.2) is 23.9 Å². The van der Waals surface area contributed by atoms with Crippen LogP contribution >= 0.6 is 0 Å². The highest BCUT2D eigenvalue weighted by Gasteiger charge is 2.15. The van der Waals surface area contributed by atoms with Gasteiger partial charge in [0.15, 0.2) is 0 Å². The third kappa shape index (κ3) is 4.79. The Bertz CT molecular complexity index is 1030. The van der Waals surface area contributed by atoms with Gasteiger partial charge in [0.05, 0.1) is 23.9 Å². The van der Waals surface area contributed by atoms with E-state index in [4.69, 9.17) is 4.74 Å². The van der Waals surface area contributed by atoms with Crippen molar-refractivity contribution in [3.63, 3.8) is 0 Å². The number of amides is 2. The lowest BCUT2D eigenvalue weighted by atomic mass is 10.0. The molecule has 6 heteroatoms. The van der Waals surface area contributed by atoms with E-state index in [9.17, 15) is 9.59 Å². The van der Waals surface area contributed by atoms with Crippen molar-refractivity contribution in [3.05, 3.63) is 83.7 Å². The van der Waals surface area contributed by atoms with Crippen LogP contribution in [0.5, 0.6) is 5.75 Å². The summed E-state index contributed by atoms with van der Waals surface area (Å²) in [6.07, 6.45) is 2.86. The maximum absolute atomic E-state index is 12.7. The molecule has 29 heavy (non-hydrogen) atoms. The van der Waals surface area contributed by atoms with E-state index in [-0.39, 0.29) is 23.3 Å². The second-order valence-corrected chi connectivity index (χ2v) is 6.81. The zero-order valence-corrected chi connectivity index (χ0v) is 16.6. The first kappa shape index (κ1) is 20.1. The van der Waals surface area contributed by atoms with Gasteiger partial charge in [-0.15, -0.1) is 0 Å². The average molecular weight is 389 g/mol. The average Bonchev–Trinajstić information content (AvgIpc) is 2.74. The standard InChI is InChI=1S/C23H23N3O3/c1-15(2)18-8-4-5-9-19(18)25-22(27)16-12-17(14-24-13-16)23(28)26-20-10-6-7-11-21(20)29-3/h4-15H,1-3H3,(H,25,27)(H,26,28). The van der Waals surface area contributed by atoms with Gasteiger partial charge in [0.1, 0.15) is 5.75 Å². The van der Waals surface area contributed by atoms with Crippen molar-refractivity contribution < 1.29 is 14.3 Å². The zero-order valence-electron chi connectivity index (χ0n) is 16.6. The predicted molar refractivity (Wildman–Crippen MR) is 114 cm³/mol. The smallest absolute Gasteiger partial charge is 0.257 e. The molecule has 2 N–H and O–H groups in total. The van der Waals surface area contributed by atoms with E-state index in [1.165, 1.54) is 25.6 Å². The molecule has 0 spiro atoms. The Labute approximate surface area is 169 Å². The number of pyridine rings is 1. The second-order valence-electron chi connectivity index (χ2n) is 6.81. The SMILES string of the molecule is COc1ccccc1NC(=O)c1cncc(C(=O)Nc2ccccc2C(C)C)c1. The first-order chi connectivity index (χ1) is 14.0. The number of nitrogens with zero attached hydrogens (tertiary/aromatic N) is 1. The fraction of sp³-hybridized carbons (Fsp3) is 0.174. The highest BCUT2D eigenvalue weighted by Crippen LogP contribution is 2.25. The van der Waals surface area contributed by atoms with Gasteiger partial charge in [-0.05, 0) is 35.7 Å². The van der Waals surface area contributed by atoms with Gasteiger partial charge in [0.2, 0.25) is 0 Å². The van der Waals surface area contributed by atoms with Crippen LogP contribution in [0, 0.1) is 0 Å². The van der Waals surface area contributed by atoms with Crippen LogP contribution in [0.15, 0.2) is 67.0 Å². The van der Waals surface area contributed by atoms with Crippen LogP contribution in [0.4, 0.5) is 11.4 Å².